The van der Waals surface area contributed by atoms with Gasteiger partial charge in [0.25, 0.3) is 0 Å². The quantitative estimate of drug-likeness (QED) is 0.237. The van der Waals surface area contributed by atoms with Gasteiger partial charge in [-0.15, -0.1) is 24.0 Å². The van der Waals surface area contributed by atoms with Crippen LogP contribution in [0, 0.1) is 0 Å². The lowest BCUT2D eigenvalue weighted by Gasteiger charge is -2.34. The number of aromatic nitrogens is 2. The van der Waals surface area contributed by atoms with E-state index in [0.29, 0.717) is 5.92 Å². The Morgan fingerprint density at radius 2 is 1.97 bits per heavy atom. The van der Waals surface area contributed by atoms with Gasteiger partial charge in [0.1, 0.15) is 0 Å². The van der Waals surface area contributed by atoms with Crippen LogP contribution in [-0.2, 0) is 0 Å². The maximum absolute atomic E-state index is 4.34. The van der Waals surface area contributed by atoms with Crippen LogP contribution in [-0.4, -0.2) is 73.7 Å². The molecule has 0 radical (unpaired) electrons. The number of thiophene rings is 1. The third kappa shape index (κ3) is 7.71. The Labute approximate surface area is 195 Å². The molecule has 9 heteroatoms. The van der Waals surface area contributed by atoms with Crippen molar-refractivity contribution in [2.24, 2.45) is 4.99 Å². The summed E-state index contributed by atoms with van der Waals surface area (Å²) in [4.78, 5) is 17.8. The van der Waals surface area contributed by atoms with Crippen molar-refractivity contribution in [2.45, 2.75) is 19.3 Å². The van der Waals surface area contributed by atoms with Crippen molar-refractivity contribution in [3.8, 4) is 0 Å². The van der Waals surface area contributed by atoms with E-state index in [1.165, 1.54) is 5.56 Å². The first-order chi connectivity index (χ1) is 13.8. The number of guanidine groups is 1. The van der Waals surface area contributed by atoms with Crippen molar-refractivity contribution < 1.29 is 0 Å². The van der Waals surface area contributed by atoms with Gasteiger partial charge >= 0.3 is 0 Å². The molecule has 1 unspecified atom stereocenters. The molecule has 1 atom stereocenters. The van der Waals surface area contributed by atoms with Gasteiger partial charge in [0.15, 0.2) is 5.96 Å². The minimum Gasteiger partial charge on any atom is -0.356 e. The number of piperazine rings is 1. The molecule has 0 saturated carbocycles. The van der Waals surface area contributed by atoms with Crippen molar-refractivity contribution in [2.75, 3.05) is 57.8 Å². The molecule has 1 fully saturated rings. The molecule has 2 N–H and O–H groups in total. The molecule has 0 bridgehead atoms. The summed E-state index contributed by atoms with van der Waals surface area (Å²) in [7, 11) is 1.83. The molecule has 3 heterocycles. The van der Waals surface area contributed by atoms with Crippen LogP contribution in [0.2, 0.25) is 0 Å². The molecule has 2 aromatic heterocycles. The van der Waals surface area contributed by atoms with E-state index in [9.17, 15) is 0 Å². The van der Waals surface area contributed by atoms with Crippen LogP contribution in [0.1, 0.15) is 24.8 Å². The standard InChI is InChI=1S/C20H31N7S.HI/c1-17(18-5-14-28-16-18)15-25-19(21-2)22-8-4-9-26-10-12-27(13-11-26)20-23-6-3-7-24-20;/h3,5-7,14,16-17H,4,8-13,15H2,1-2H3,(H2,21,22,25);1H. The first kappa shape index (κ1) is 23.8. The second kappa shape index (κ2) is 13.0. The van der Waals surface area contributed by atoms with Crippen LogP contribution in [0.15, 0.2) is 40.3 Å². The predicted molar refractivity (Wildman–Crippen MR) is 133 cm³/mol. The van der Waals surface area contributed by atoms with E-state index >= 15 is 0 Å². The Bertz CT molecular complexity index is 703. The number of hydrogen-bond donors (Lipinski definition) is 2. The number of rotatable bonds is 8. The zero-order valence-electron chi connectivity index (χ0n) is 17.3. The number of hydrogen-bond acceptors (Lipinski definition) is 6. The molecule has 1 aliphatic rings. The number of halogens is 1. The Morgan fingerprint density at radius 3 is 2.62 bits per heavy atom. The summed E-state index contributed by atoms with van der Waals surface area (Å²) in [5.41, 5.74) is 1.38. The molecular weight excluding hydrogens is 497 g/mol. The number of nitrogens with one attached hydrogen (secondary N) is 2. The predicted octanol–water partition coefficient (Wildman–Crippen LogP) is 2.64. The van der Waals surface area contributed by atoms with Crippen molar-refractivity contribution >= 4 is 47.2 Å². The lowest BCUT2D eigenvalue weighted by molar-refractivity contribution is 0.254. The first-order valence-electron chi connectivity index (χ1n) is 9.97. The summed E-state index contributed by atoms with van der Waals surface area (Å²) in [5.74, 6) is 2.21. The van der Waals surface area contributed by atoms with Gasteiger partial charge in [-0.2, -0.15) is 11.3 Å². The van der Waals surface area contributed by atoms with Crippen molar-refractivity contribution in [1.82, 2.24) is 25.5 Å². The maximum atomic E-state index is 4.34. The average Bonchev–Trinajstić information content (AvgIpc) is 3.29. The fourth-order valence-electron chi connectivity index (χ4n) is 3.28. The normalized spacial score (nSPS) is 16.2. The highest BCUT2D eigenvalue weighted by molar-refractivity contribution is 14.0. The van der Waals surface area contributed by atoms with Gasteiger partial charge in [0.2, 0.25) is 5.95 Å². The first-order valence-corrected chi connectivity index (χ1v) is 10.9. The summed E-state index contributed by atoms with van der Waals surface area (Å²) in [6, 6.07) is 4.05. The third-order valence-corrected chi connectivity index (χ3v) is 5.76. The molecule has 29 heavy (non-hydrogen) atoms. The Morgan fingerprint density at radius 1 is 1.21 bits per heavy atom. The lowest BCUT2D eigenvalue weighted by Crippen LogP contribution is -2.47. The van der Waals surface area contributed by atoms with Crippen LogP contribution in [0.4, 0.5) is 5.95 Å². The van der Waals surface area contributed by atoms with E-state index in [-0.39, 0.29) is 24.0 Å². The largest absolute Gasteiger partial charge is 0.356 e. The van der Waals surface area contributed by atoms with Crippen LogP contribution in [0.3, 0.4) is 0 Å². The molecular formula is C20H32IN7S. The Kier molecular flexibility index (Phi) is 10.6. The van der Waals surface area contributed by atoms with E-state index in [0.717, 1.165) is 64.1 Å². The van der Waals surface area contributed by atoms with Gasteiger partial charge in [0.05, 0.1) is 0 Å². The minimum absolute atomic E-state index is 0. The molecule has 1 aliphatic heterocycles. The zero-order valence-corrected chi connectivity index (χ0v) is 20.4. The molecule has 0 amide bonds. The topological polar surface area (TPSA) is 68.7 Å². The lowest BCUT2D eigenvalue weighted by atomic mass is 10.1. The molecule has 1 saturated heterocycles. The number of anilines is 1. The van der Waals surface area contributed by atoms with E-state index < -0.39 is 0 Å². The van der Waals surface area contributed by atoms with Gasteiger partial charge in [-0.05, 0) is 47.3 Å². The highest BCUT2D eigenvalue weighted by Crippen LogP contribution is 2.17. The van der Waals surface area contributed by atoms with E-state index in [4.69, 9.17) is 0 Å². The fourth-order valence-corrected chi connectivity index (χ4v) is 4.06. The Hall–Kier alpha value is -1.46. The van der Waals surface area contributed by atoms with Gasteiger partial charge in [-0.3, -0.25) is 9.89 Å². The van der Waals surface area contributed by atoms with E-state index in [1.54, 1.807) is 11.3 Å². The third-order valence-electron chi connectivity index (χ3n) is 5.06. The summed E-state index contributed by atoms with van der Waals surface area (Å²) in [5, 5.41) is 11.2. The smallest absolute Gasteiger partial charge is 0.225 e. The highest BCUT2D eigenvalue weighted by Gasteiger charge is 2.18. The molecule has 0 aliphatic carbocycles. The van der Waals surface area contributed by atoms with E-state index in [1.807, 2.05) is 25.5 Å². The fraction of sp³-hybridized carbons (Fsp3) is 0.550. The van der Waals surface area contributed by atoms with Crippen LogP contribution in [0.5, 0.6) is 0 Å². The maximum Gasteiger partial charge on any atom is 0.225 e. The summed E-state index contributed by atoms with van der Waals surface area (Å²) < 4.78 is 0. The van der Waals surface area contributed by atoms with Gasteiger partial charge in [-0.25, -0.2) is 9.97 Å². The number of aliphatic imine (C=N–C) groups is 1. The van der Waals surface area contributed by atoms with Gasteiger partial charge in [0, 0.05) is 58.7 Å². The monoisotopic (exact) mass is 529 g/mol. The van der Waals surface area contributed by atoms with Crippen LogP contribution >= 0.6 is 35.3 Å². The van der Waals surface area contributed by atoms with Crippen molar-refractivity contribution in [1.29, 1.82) is 0 Å². The van der Waals surface area contributed by atoms with Gasteiger partial charge in [-0.1, -0.05) is 6.92 Å². The molecule has 0 spiro atoms. The van der Waals surface area contributed by atoms with Crippen LogP contribution < -0.4 is 15.5 Å². The SMILES string of the molecule is CN=C(NCCCN1CCN(c2ncccn2)CC1)NCC(C)c1ccsc1.I. The van der Waals surface area contributed by atoms with Crippen molar-refractivity contribution in [3.05, 3.63) is 40.8 Å². The van der Waals surface area contributed by atoms with Crippen LogP contribution in [0.25, 0.3) is 0 Å². The average molecular weight is 529 g/mol. The molecule has 2 aromatic rings. The minimum atomic E-state index is 0. The molecule has 3 rings (SSSR count). The number of nitrogens with zero attached hydrogens (tertiary/aromatic N) is 5. The second-order valence-corrected chi connectivity index (χ2v) is 7.85. The molecule has 0 aromatic carbocycles. The summed E-state index contributed by atoms with van der Waals surface area (Å²) in [6.45, 7) is 9.24. The van der Waals surface area contributed by atoms with E-state index in [2.05, 4.69) is 59.1 Å². The molecule has 7 nitrogen and oxygen atoms in total. The summed E-state index contributed by atoms with van der Waals surface area (Å²) in [6.07, 6.45) is 4.72. The second-order valence-electron chi connectivity index (χ2n) is 7.07. The van der Waals surface area contributed by atoms with Gasteiger partial charge < -0.3 is 15.5 Å². The summed E-state index contributed by atoms with van der Waals surface area (Å²) >= 11 is 1.75. The Balaban J connectivity index is 0.00000300. The molecule has 160 valence electrons. The zero-order chi connectivity index (χ0) is 19.6. The van der Waals surface area contributed by atoms with Crippen molar-refractivity contribution in [3.63, 3.8) is 0 Å². The highest BCUT2D eigenvalue weighted by atomic mass is 127.